The Morgan fingerprint density at radius 2 is 1.21 bits per heavy atom. The molecule has 0 aromatic carbocycles. The van der Waals surface area contributed by atoms with Crippen LogP contribution in [0, 0.1) is 5.92 Å². The van der Waals surface area contributed by atoms with Gasteiger partial charge in [-0.05, 0) is 38.6 Å². The third-order valence-corrected chi connectivity index (χ3v) is 5.86. The van der Waals surface area contributed by atoms with Gasteiger partial charge in [0.15, 0.2) is 0 Å². The molecule has 0 spiro atoms. The number of carbonyl (C=O) groups excluding carboxylic acids is 1. The monoisotopic (exact) mass is 338 g/mol. The first-order chi connectivity index (χ1) is 11.6. The molecule has 0 radical (unpaired) electrons. The summed E-state index contributed by atoms with van der Waals surface area (Å²) in [7, 11) is 2.13. The molecule has 1 saturated carbocycles. The van der Waals surface area contributed by atoms with E-state index in [2.05, 4.69) is 28.7 Å². The number of nitrogens with zero attached hydrogens (tertiary/aromatic N) is 4. The van der Waals surface area contributed by atoms with Crippen LogP contribution < -0.4 is 0 Å². The van der Waals surface area contributed by atoms with Crippen LogP contribution in [-0.2, 0) is 0 Å². The molecule has 0 atom stereocenters. The van der Waals surface area contributed by atoms with Crippen molar-refractivity contribution in [1.82, 2.24) is 19.6 Å². The lowest BCUT2D eigenvalue weighted by Gasteiger charge is -2.43. The van der Waals surface area contributed by atoms with Gasteiger partial charge in [0, 0.05) is 58.4 Å². The van der Waals surface area contributed by atoms with Gasteiger partial charge in [-0.3, -0.25) is 4.90 Å². The van der Waals surface area contributed by atoms with Crippen LogP contribution in [0.2, 0.25) is 0 Å². The number of amides is 2. The van der Waals surface area contributed by atoms with Crippen LogP contribution in [0.1, 0.15) is 46.5 Å². The summed E-state index contributed by atoms with van der Waals surface area (Å²) in [4.78, 5) is 21.7. The highest BCUT2D eigenvalue weighted by Crippen LogP contribution is 2.27. The van der Waals surface area contributed by atoms with Gasteiger partial charge < -0.3 is 14.7 Å². The third kappa shape index (κ3) is 5.09. The number of piperazine rings is 2. The number of urea groups is 1. The fourth-order valence-corrected chi connectivity index (χ4v) is 4.08. The summed E-state index contributed by atoms with van der Waals surface area (Å²) in [6.07, 6.45) is 5.47. The van der Waals surface area contributed by atoms with E-state index < -0.39 is 0 Å². The first-order valence-electron chi connectivity index (χ1n) is 10.1. The molecule has 0 aromatic heterocycles. The van der Waals surface area contributed by atoms with E-state index in [1.807, 2.05) is 18.7 Å². The summed E-state index contributed by atoms with van der Waals surface area (Å²) >= 11 is 0. The zero-order valence-corrected chi connectivity index (χ0v) is 16.3. The smallest absolute Gasteiger partial charge is 0.320 e. The third-order valence-electron chi connectivity index (χ3n) is 5.86. The molecule has 140 valence electrons. The molecule has 0 bridgehead atoms. The Kier molecular flexibility index (Phi) is 7.82. The lowest BCUT2D eigenvalue weighted by molar-refractivity contribution is 0.0659. The number of carbonyl (C=O) groups is 1. The lowest BCUT2D eigenvalue weighted by Crippen LogP contribution is -2.57. The van der Waals surface area contributed by atoms with E-state index >= 15 is 0 Å². The average molecular weight is 339 g/mol. The summed E-state index contributed by atoms with van der Waals surface area (Å²) in [5.74, 6) is 0.913. The average Bonchev–Trinajstić information content (AvgIpc) is 2.64. The summed E-state index contributed by atoms with van der Waals surface area (Å²) in [6, 6.07) is 1.04. The van der Waals surface area contributed by atoms with E-state index in [-0.39, 0.29) is 6.03 Å². The lowest BCUT2D eigenvalue weighted by atomic mass is 9.86. The highest BCUT2D eigenvalue weighted by Gasteiger charge is 2.30. The van der Waals surface area contributed by atoms with Crippen LogP contribution in [0.5, 0.6) is 0 Å². The minimum absolute atomic E-state index is 0.269. The van der Waals surface area contributed by atoms with Gasteiger partial charge in [0.1, 0.15) is 0 Å². The van der Waals surface area contributed by atoms with Crippen molar-refractivity contribution in [3.63, 3.8) is 0 Å². The zero-order chi connectivity index (χ0) is 17.5. The van der Waals surface area contributed by atoms with Gasteiger partial charge in [-0.15, -0.1) is 0 Å². The predicted octanol–water partition coefficient (Wildman–Crippen LogP) is 2.58. The topological polar surface area (TPSA) is 30.0 Å². The van der Waals surface area contributed by atoms with Crippen molar-refractivity contribution in [1.29, 1.82) is 0 Å². The van der Waals surface area contributed by atoms with Gasteiger partial charge in [-0.1, -0.05) is 20.8 Å². The second-order valence-corrected chi connectivity index (χ2v) is 7.51. The second kappa shape index (κ2) is 9.62. The standard InChI is InChI=1S/C17H32N4O.C2H6/c1-15-3-5-16(6-4-15)19-11-13-21(14-12-19)17(22)20-9-7-18(2)8-10-20;1-2/h15-16H,3-14H2,1-2H3;1-2H3. The molecule has 24 heavy (non-hydrogen) atoms. The summed E-state index contributed by atoms with van der Waals surface area (Å²) in [5.41, 5.74) is 0. The molecular weight excluding hydrogens is 300 g/mol. The molecule has 0 N–H and O–H groups in total. The van der Waals surface area contributed by atoms with Crippen molar-refractivity contribution in [3.8, 4) is 0 Å². The van der Waals surface area contributed by atoms with Crippen molar-refractivity contribution in [3.05, 3.63) is 0 Å². The molecule has 2 saturated heterocycles. The predicted molar refractivity (Wildman–Crippen MR) is 100 cm³/mol. The van der Waals surface area contributed by atoms with Crippen LogP contribution >= 0.6 is 0 Å². The molecule has 3 aliphatic rings. The number of hydrogen-bond acceptors (Lipinski definition) is 3. The van der Waals surface area contributed by atoms with Gasteiger partial charge in [-0.2, -0.15) is 0 Å². The van der Waals surface area contributed by atoms with Crippen molar-refractivity contribution in [2.75, 3.05) is 59.4 Å². The van der Waals surface area contributed by atoms with Crippen LogP contribution in [0.15, 0.2) is 0 Å². The molecule has 3 rings (SSSR count). The molecule has 1 aliphatic carbocycles. The summed E-state index contributed by atoms with van der Waals surface area (Å²) in [5, 5.41) is 0. The van der Waals surface area contributed by atoms with E-state index in [1.165, 1.54) is 25.7 Å². The largest absolute Gasteiger partial charge is 0.322 e. The Balaban J connectivity index is 0.00000100. The minimum atomic E-state index is 0.269. The van der Waals surface area contributed by atoms with E-state index in [0.717, 1.165) is 64.3 Å². The number of likely N-dealkylation sites (N-methyl/N-ethyl adjacent to an activating group) is 1. The maximum atomic E-state index is 12.6. The zero-order valence-electron chi connectivity index (χ0n) is 16.3. The minimum Gasteiger partial charge on any atom is -0.322 e. The summed E-state index contributed by atoms with van der Waals surface area (Å²) < 4.78 is 0. The second-order valence-electron chi connectivity index (χ2n) is 7.51. The Bertz CT molecular complexity index is 366. The van der Waals surface area contributed by atoms with E-state index in [4.69, 9.17) is 0 Å². The Labute approximate surface area is 148 Å². The first-order valence-corrected chi connectivity index (χ1v) is 10.1. The molecule has 0 aromatic rings. The van der Waals surface area contributed by atoms with Gasteiger partial charge in [0.2, 0.25) is 0 Å². The van der Waals surface area contributed by atoms with Gasteiger partial charge >= 0.3 is 6.03 Å². The van der Waals surface area contributed by atoms with Crippen molar-refractivity contribution in [2.45, 2.75) is 52.5 Å². The Morgan fingerprint density at radius 1 is 0.750 bits per heavy atom. The molecule has 0 unspecified atom stereocenters. The molecular formula is C19H38N4O. The normalized spacial score (nSPS) is 29.8. The van der Waals surface area contributed by atoms with Crippen molar-refractivity contribution in [2.24, 2.45) is 5.92 Å². The quantitative estimate of drug-likeness (QED) is 0.736. The maximum absolute atomic E-state index is 12.6. The fraction of sp³-hybridized carbons (Fsp3) is 0.947. The van der Waals surface area contributed by atoms with E-state index in [9.17, 15) is 4.79 Å². The fourth-order valence-electron chi connectivity index (χ4n) is 4.08. The molecule has 2 amide bonds. The van der Waals surface area contributed by atoms with E-state index in [1.54, 1.807) is 0 Å². The Morgan fingerprint density at radius 3 is 1.71 bits per heavy atom. The molecule has 3 fully saturated rings. The number of rotatable bonds is 1. The number of hydrogen-bond donors (Lipinski definition) is 0. The van der Waals surface area contributed by atoms with E-state index in [0.29, 0.717) is 0 Å². The van der Waals surface area contributed by atoms with Crippen LogP contribution in [0.3, 0.4) is 0 Å². The maximum Gasteiger partial charge on any atom is 0.320 e. The van der Waals surface area contributed by atoms with Crippen molar-refractivity contribution < 1.29 is 4.79 Å². The molecule has 5 heteroatoms. The van der Waals surface area contributed by atoms with Gasteiger partial charge in [0.05, 0.1) is 0 Å². The molecule has 5 nitrogen and oxygen atoms in total. The SMILES string of the molecule is CC.CC1CCC(N2CCN(C(=O)N3CCN(C)CC3)CC2)CC1. The van der Waals surface area contributed by atoms with Crippen LogP contribution in [-0.4, -0.2) is 91.1 Å². The van der Waals surface area contributed by atoms with Gasteiger partial charge in [-0.25, -0.2) is 4.79 Å². The summed E-state index contributed by atoms with van der Waals surface area (Å²) in [6.45, 7) is 14.1. The van der Waals surface area contributed by atoms with Gasteiger partial charge in [0.25, 0.3) is 0 Å². The van der Waals surface area contributed by atoms with Crippen molar-refractivity contribution >= 4 is 6.03 Å². The van der Waals surface area contributed by atoms with Crippen LogP contribution in [0.4, 0.5) is 4.79 Å². The van der Waals surface area contributed by atoms with Crippen LogP contribution in [0.25, 0.3) is 0 Å². The first kappa shape index (κ1) is 19.5. The molecule has 2 heterocycles. The Hall–Kier alpha value is -0.810. The highest BCUT2D eigenvalue weighted by molar-refractivity contribution is 5.74. The molecule has 2 aliphatic heterocycles. The highest BCUT2D eigenvalue weighted by atomic mass is 16.2.